The predicted molar refractivity (Wildman–Crippen MR) is 128 cm³/mol. The van der Waals surface area contributed by atoms with Crippen LogP contribution in [0.15, 0.2) is 42.6 Å². The van der Waals surface area contributed by atoms with E-state index in [0.717, 1.165) is 37.0 Å². The zero-order chi connectivity index (χ0) is 23.7. The molecule has 3 heterocycles. The maximum Gasteiger partial charge on any atom is 0.324 e. The zero-order valence-corrected chi connectivity index (χ0v) is 18.8. The van der Waals surface area contributed by atoms with Gasteiger partial charge in [0.25, 0.3) is 5.91 Å². The van der Waals surface area contributed by atoms with Gasteiger partial charge in [0.1, 0.15) is 5.82 Å². The minimum atomic E-state index is -0.524. The lowest BCUT2D eigenvalue weighted by atomic mass is 9.96. The summed E-state index contributed by atoms with van der Waals surface area (Å²) in [5.74, 6) is 0.198. The molecule has 0 unspecified atom stereocenters. The molecule has 0 radical (unpaired) electrons. The van der Waals surface area contributed by atoms with Gasteiger partial charge < -0.3 is 5.32 Å². The number of carbonyl (C=O) groups is 1. The van der Waals surface area contributed by atoms with Gasteiger partial charge in [-0.05, 0) is 18.9 Å². The normalized spacial score (nSPS) is 14.1. The Morgan fingerprint density at radius 3 is 2.59 bits per heavy atom. The first-order valence-corrected chi connectivity index (χ1v) is 11.6. The fourth-order valence-corrected chi connectivity index (χ4v) is 4.86. The Bertz CT molecular complexity index is 1430. The Morgan fingerprint density at radius 2 is 1.91 bits per heavy atom. The predicted octanol–water partition coefficient (Wildman–Crippen LogP) is 5.77. The molecule has 1 aliphatic carbocycles. The van der Waals surface area contributed by atoms with Gasteiger partial charge in [0.05, 0.1) is 34.0 Å². The summed E-state index contributed by atoms with van der Waals surface area (Å²) in [7, 11) is 0. The Morgan fingerprint density at radius 1 is 1.15 bits per heavy atom. The second-order valence-electron chi connectivity index (χ2n) is 8.02. The van der Waals surface area contributed by atoms with Crippen molar-refractivity contribution in [3.63, 3.8) is 0 Å². The van der Waals surface area contributed by atoms with E-state index < -0.39 is 10.8 Å². The second kappa shape index (κ2) is 8.99. The number of anilines is 1. The van der Waals surface area contributed by atoms with E-state index in [-0.39, 0.29) is 21.7 Å². The number of thiophene rings is 1. The van der Waals surface area contributed by atoms with Gasteiger partial charge >= 0.3 is 5.00 Å². The van der Waals surface area contributed by atoms with Crippen molar-refractivity contribution in [2.45, 2.75) is 38.1 Å². The number of benzene rings is 1. The summed E-state index contributed by atoms with van der Waals surface area (Å²) < 4.78 is 1.92. The van der Waals surface area contributed by atoms with E-state index in [0.29, 0.717) is 28.1 Å². The van der Waals surface area contributed by atoms with Crippen molar-refractivity contribution in [2.24, 2.45) is 0 Å². The second-order valence-corrected chi connectivity index (χ2v) is 9.08. The molecule has 34 heavy (non-hydrogen) atoms. The van der Waals surface area contributed by atoms with Gasteiger partial charge in [-0.1, -0.05) is 54.9 Å². The van der Waals surface area contributed by atoms with Crippen molar-refractivity contribution in [3.05, 3.63) is 69.0 Å². The average Bonchev–Trinajstić information content (AvgIpc) is 3.53. The molecule has 1 aliphatic rings. The molecule has 0 saturated heterocycles. The summed E-state index contributed by atoms with van der Waals surface area (Å²) in [4.78, 5) is 36.4. The summed E-state index contributed by atoms with van der Waals surface area (Å²) >= 11 is 0.803. The van der Waals surface area contributed by atoms with Crippen molar-refractivity contribution in [3.8, 4) is 11.4 Å². The summed E-state index contributed by atoms with van der Waals surface area (Å²) in [6, 6.07) is 9.87. The topological polar surface area (TPSA) is 120 Å². The standard InChI is InChI=1S/C23H19N7O3S/c1-24-15-9-7-14(8-10-15)20-26-21(28-23(31)18-11-12-19(34-18)30(32)33)17-13-25-29(22(17)27-20)16-5-3-2-4-6-16/h7-13,16H,2-6H2,(H,26,27,28,31). The minimum Gasteiger partial charge on any atom is -0.305 e. The maximum atomic E-state index is 12.9. The molecule has 0 spiro atoms. The van der Waals surface area contributed by atoms with Crippen LogP contribution in [0.4, 0.5) is 16.5 Å². The first-order chi connectivity index (χ1) is 16.5. The highest BCUT2D eigenvalue weighted by atomic mass is 32.1. The smallest absolute Gasteiger partial charge is 0.305 e. The maximum absolute atomic E-state index is 12.9. The minimum absolute atomic E-state index is 0.108. The van der Waals surface area contributed by atoms with Crippen LogP contribution in [0.5, 0.6) is 0 Å². The number of nitro groups is 1. The highest BCUT2D eigenvalue weighted by Crippen LogP contribution is 2.33. The lowest BCUT2D eigenvalue weighted by molar-refractivity contribution is -0.380. The third-order valence-corrected chi connectivity index (χ3v) is 6.89. The Labute approximate surface area is 198 Å². The number of amides is 1. The number of nitrogens with zero attached hydrogens (tertiary/aromatic N) is 6. The van der Waals surface area contributed by atoms with Crippen LogP contribution in [0, 0.1) is 16.7 Å². The molecule has 5 rings (SSSR count). The van der Waals surface area contributed by atoms with Gasteiger partial charge in [0.2, 0.25) is 0 Å². The number of carbonyl (C=O) groups excluding carboxylic acids is 1. The van der Waals surface area contributed by atoms with Gasteiger partial charge in [-0.25, -0.2) is 19.5 Å². The monoisotopic (exact) mass is 473 g/mol. The molecule has 11 heteroatoms. The molecule has 0 atom stereocenters. The van der Waals surface area contributed by atoms with Crippen LogP contribution < -0.4 is 5.32 Å². The van der Waals surface area contributed by atoms with Gasteiger partial charge in [0, 0.05) is 11.6 Å². The lowest BCUT2D eigenvalue weighted by Crippen LogP contribution is -2.15. The van der Waals surface area contributed by atoms with Crippen LogP contribution in [0.1, 0.15) is 47.8 Å². The van der Waals surface area contributed by atoms with E-state index in [2.05, 4.69) is 20.2 Å². The third kappa shape index (κ3) is 4.11. The highest BCUT2D eigenvalue weighted by Gasteiger charge is 2.23. The molecule has 1 amide bonds. The van der Waals surface area contributed by atoms with Crippen LogP contribution >= 0.6 is 11.3 Å². The van der Waals surface area contributed by atoms with Crippen LogP contribution in [-0.2, 0) is 0 Å². The fraction of sp³-hybridized carbons (Fsp3) is 0.261. The van der Waals surface area contributed by atoms with Crippen LogP contribution in [0.3, 0.4) is 0 Å². The van der Waals surface area contributed by atoms with E-state index in [1.165, 1.54) is 18.6 Å². The molecule has 4 aromatic rings. The van der Waals surface area contributed by atoms with E-state index in [1.54, 1.807) is 30.5 Å². The van der Waals surface area contributed by atoms with Gasteiger partial charge in [0.15, 0.2) is 17.2 Å². The van der Waals surface area contributed by atoms with Crippen LogP contribution in [0.2, 0.25) is 0 Å². The Balaban J connectivity index is 1.58. The summed E-state index contributed by atoms with van der Waals surface area (Å²) in [5, 5.41) is 18.9. The molecule has 10 nitrogen and oxygen atoms in total. The zero-order valence-electron chi connectivity index (χ0n) is 18.0. The molecule has 0 aliphatic heterocycles. The van der Waals surface area contributed by atoms with E-state index >= 15 is 0 Å². The van der Waals surface area contributed by atoms with Crippen LogP contribution in [-0.4, -0.2) is 30.6 Å². The molecule has 3 aromatic heterocycles. The van der Waals surface area contributed by atoms with Crippen molar-refractivity contribution in [1.82, 2.24) is 19.7 Å². The number of fused-ring (bicyclic) bond motifs is 1. The molecule has 0 bridgehead atoms. The van der Waals surface area contributed by atoms with Crippen molar-refractivity contribution in [2.75, 3.05) is 5.32 Å². The molecule has 1 N–H and O–H groups in total. The van der Waals surface area contributed by atoms with E-state index in [9.17, 15) is 14.9 Å². The first-order valence-electron chi connectivity index (χ1n) is 10.8. The van der Waals surface area contributed by atoms with Crippen molar-refractivity contribution in [1.29, 1.82) is 0 Å². The van der Waals surface area contributed by atoms with Gasteiger partial charge in [-0.3, -0.25) is 14.9 Å². The van der Waals surface area contributed by atoms with E-state index in [1.807, 2.05) is 4.68 Å². The molecular formula is C23H19N7O3S. The molecule has 1 saturated carbocycles. The number of aromatic nitrogens is 4. The number of nitrogens with one attached hydrogen (secondary N) is 1. The molecule has 170 valence electrons. The average molecular weight is 474 g/mol. The molecule has 1 aromatic carbocycles. The number of hydrogen-bond acceptors (Lipinski definition) is 7. The SMILES string of the molecule is [C-]#[N+]c1ccc(-c2nc(NC(=O)c3ccc([N+](=O)[O-])s3)c3cnn(C4CCCCC4)c3n2)cc1. The quantitative estimate of drug-likeness (QED) is 0.223. The van der Waals surface area contributed by atoms with Crippen molar-refractivity contribution < 1.29 is 9.72 Å². The summed E-state index contributed by atoms with van der Waals surface area (Å²) in [6.45, 7) is 7.16. The van der Waals surface area contributed by atoms with Crippen LogP contribution in [0.25, 0.3) is 27.3 Å². The Hall–Kier alpha value is -4.17. The van der Waals surface area contributed by atoms with Gasteiger partial charge in [-0.2, -0.15) is 5.10 Å². The molecule has 1 fully saturated rings. The number of hydrogen-bond donors (Lipinski definition) is 1. The fourth-order valence-electron chi connectivity index (χ4n) is 4.14. The number of rotatable bonds is 5. The highest BCUT2D eigenvalue weighted by molar-refractivity contribution is 7.17. The van der Waals surface area contributed by atoms with E-state index in [4.69, 9.17) is 11.6 Å². The molecular weight excluding hydrogens is 454 g/mol. The Kier molecular flexibility index (Phi) is 5.73. The largest absolute Gasteiger partial charge is 0.324 e. The van der Waals surface area contributed by atoms with Gasteiger partial charge in [-0.15, -0.1) is 0 Å². The summed E-state index contributed by atoms with van der Waals surface area (Å²) in [5.41, 5.74) is 1.83. The summed E-state index contributed by atoms with van der Waals surface area (Å²) in [6.07, 6.45) is 7.14. The third-order valence-electron chi connectivity index (χ3n) is 5.86. The lowest BCUT2D eigenvalue weighted by Gasteiger charge is -2.22. The first kappa shape index (κ1) is 21.7. The van der Waals surface area contributed by atoms with Crippen molar-refractivity contribution >= 4 is 44.8 Å².